The summed E-state index contributed by atoms with van der Waals surface area (Å²) in [6.07, 6.45) is 3.60. The molecule has 1 aliphatic rings. The third-order valence-corrected chi connectivity index (χ3v) is 4.39. The Bertz CT molecular complexity index is 725. The normalized spacial score (nSPS) is 13.6. The molecule has 0 heterocycles. The fourth-order valence-corrected chi connectivity index (χ4v) is 3.04. The van der Waals surface area contributed by atoms with E-state index < -0.39 is 0 Å². The Kier molecular flexibility index (Phi) is 5.90. The molecule has 0 fully saturated rings. The van der Waals surface area contributed by atoms with Crippen LogP contribution in [0.15, 0.2) is 47.5 Å². The molecule has 0 atom stereocenters. The number of benzene rings is 2. The molecule has 3 rings (SSSR count). The number of aryl methyl sites for hydroxylation is 2. The molecule has 2 aromatic carbocycles. The van der Waals surface area contributed by atoms with Crippen molar-refractivity contribution in [2.45, 2.75) is 25.8 Å². The summed E-state index contributed by atoms with van der Waals surface area (Å²) in [6, 6.07) is 14.7. The lowest BCUT2D eigenvalue weighted by Gasteiger charge is -2.08. The van der Waals surface area contributed by atoms with Crippen molar-refractivity contribution >= 4 is 17.3 Å². The summed E-state index contributed by atoms with van der Waals surface area (Å²) in [6.45, 7) is 2.05. The van der Waals surface area contributed by atoms with Crippen LogP contribution in [0, 0.1) is 0 Å². The van der Waals surface area contributed by atoms with Gasteiger partial charge in [-0.25, -0.2) is 4.99 Å². The lowest BCUT2D eigenvalue weighted by Crippen LogP contribution is -2.22. The molecule has 0 unspecified atom stereocenters. The molecule has 4 N–H and O–H groups in total. The average Bonchev–Trinajstić information content (AvgIpc) is 3.09. The molecule has 0 spiro atoms. The van der Waals surface area contributed by atoms with Gasteiger partial charge in [-0.1, -0.05) is 18.2 Å². The molecule has 132 valence electrons. The second kappa shape index (κ2) is 8.53. The van der Waals surface area contributed by atoms with Gasteiger partial charge in [0.05, 0.1) is 13.2 Å². The first-order chi connectivity index (χ1) is 12.2. The maximum Gasteiger partial charge on any atom is 0.193 e. The van der Waals surface area contributed by atoms with Gasteiger partial charge in [0.15, 0.2) is 5.96 Å². The van der Waals surface area contributed by atoms with Gasteiger partial charge in [0.1, 0.15) is 0 Å². The van der Waals surface area contributed by atoms with E-state index in [1.807, 2.05) is 12.1 Å². The first kappa shape index (κ1) is 17.3. The van der Waals surface area contributed by atoms with E-state index in [-0.39, 0.29) is 0 Å². The van der Waals surface area contributed by atoms with Gasteiger partial charge in [0.2, 0.25) is 0 Å². The molecule has 5 heteroatoms. The molecular weight excluding hydrogens is 312 g/mol. The van der Waals surface area contributed by atoms with Crippen LogP contribution in [-0.4, -0.2) is 26.2 Å². The number of rotatable bonds is 7. The quantitative estimate of drug-likeness (QED) is 0.412. The van der Waals surface area contributed by atoms with E-state index in [1.165, 1.54) is 24.0 Å². The number of nitrogens with zero attached hydrogens (tertiary/aromatic N) is 1. The molecule has 0 radical (unpaired) electrons. The third kappa shape index (κ3) is 4.97. The summed E-state index contributed by atoms with van der Waals surface area (Å²) in [7, 11) is 1.70. The highest BCUT2D eigenvalue weighted by Gasteiger charge is 2.10. The number of fused-ring (bicyclic) bond motifs is 1. The van der Waals surface area contributed by atoms with E-state index in [2.05, 4.69) is 46.0 Å². The highest BCUT2D eigenvalue weighted by Crippen LogP contribution is 2.24. The zero-order chi connectivity index (χ0) is 17.5. The van der Waals surface area contributed by atoms with Crippen LogP contribution >= 0.6 is 0 Å². The van der Waals surface area contributed by atoms with Crippen molar-refractivity contribution in [1.29, 1.82) is 0 Å². The highest BCUT2D eigenvalue weighted by atomic mass is 16.5. The van der Waals surface area contributed by atoms with Gasteiger partial charge in [-0.05, 0) is 60.2 Å². The Morgan fingerprint density at radius 1 is 1.08 bits per heavy atom. The number of methoxy groups -OCH3 is 1. The number of hydrogen-bond donors (Lipinski definition) is 3. The number of guanidine groups is 1. The van der Waals surface area contributed by atoms with Gasteiger partial charge in [0, 0.05) is 25.0 Å². The fourth-order valence-electron chi connectivity index (χ4n) is 3.04. The van der Waals surface area contributed by atoms with Gasteiger partial charge in [-0.15, -0.1) is 0 Å². The predicted octanol–water partition coefficient (Wildman–Crippen LogP) is 3.16. The van der Waals surface area contributed by atoms with Crippen molar-refractivity contribution in [3.8, 4) is 0 Å². The summed E-state index contributed by atoms with van der Waals surface area (Å²) in [5.74, 6) is 0.445. The number of anilines is 2. The van der Waals surface area contributed by atoms with Crippen molar-refractivity contribution < 1.29 is 4.74 Å². The Morgan fingerprint density at radius 3 is 2.64 bits per heavy atom. The average molecular weight is 338 g/mol. The summed E-state index contributed by atoms with van der Waals surface area (Å²) >= 11 is 0. The fraction of sp³-hybridized carbons (Fsp3) is 0.350. The molecule has 0 aromatic heterocycles. The van der Waals surface area contributed by atoms with Crippen LogP contribution in [0.5, 0.6) is 0 Å². The molecule has 0 amide bonds. The van der Waals surface area contributed by atoms with Gasteiger partial charge >= 0.3 is 0 Å². The van der Waals surface area contributed by atoms with Crippen LogP contribution in [0.25, 0.3) is 0 Å². The first-order valence-electron chi connectivity index (χ1n) is 8.75. The second-order valence-electron chi connectivity index (χ2n) is 6.28. The molecule has 2 aromatic rings. The first-order valence-corrected chi connectivity index (χ1v) is 8.75. The van der Waals surface area contributed by atoms with Crippen molar-refractivity contribution in [2.24, 2.45) is 10.7 Å². The van der Waals surface area contributed by atoms with Crippen molar-refractivity contribution in [3.05, 3.63) is 59.2 Å². The monoisotopic (exact) mass is 338 g/mol. The maximum absolute atomic E-state index is 6.02. The van der Waals surface area contributed by atoms with Crippen LogP contribution in [0.2, 0.25) is 0 Å². The zero-order valence-corrected chi connectivity index (χ0v) is 14.7. The summed E-state index contributed by atoms with van der Waals surface area (Å²) < 4.78 is 5.02. The van der Waals surface area contributed by atoms with E-state index in [0.29, 0.717) is 19.1 Å². The lowest BCUT2D eigenvalue weighted by atomic mass is 10.1. The van der Waals surface area contributed by atoms with Crippen LogP contribution in [0.1, 0.15) is 23.1 Å². The van der Waals surface area contributed by atoms with E-state index in [9.17, 15) is 0 Å². The maximum atomic E-state index is 6.02. The zero-order valence-electron chi connectivity index (χ0n) is 14.7. The topological polar surface area (TPSA) is 71.7 Å². The summed E-state index contributed by atoms with van der Waals surface area (Å²) in [4.78, 5) is 4.43. The van der Waals surface area contributed by atoms with Gasteiger partial charge in [0.25, 0.3) is 0 Å². The lowest BCUT2D eigenvalue weighted by molar-refractivity contribution is 0.211. The van der Waals surface area contributed by atoms with Gasteiger partial charge in [-0.3, -0.25) is 0 Å². The van der Waals surface area contributed by atoms with Crippen LogP contribution in [0.3, 0.4) is 0 Å². The summed E-state index contributed by atoms with van der Waals surface area (Å²) in [5.41, 5.74) is 12.1. The minimum absolute atomic E-state index is 0.445. The standard InChI is InChI=1S/C20H26N4O/c1-25-12-11-22-18-8-5-15(6-9-18)14-23-20(21)24-19-10-7-16-3-2-4-17(16)13-19/h5-10,13,22H,2-4,11-12,14H2,1H3,(H3,21,23,24). The minimum atomic E-state index is 0.445. The van der Waals surface area contributed by atoms with Gasteiger partial charge < -0.3 is 21.1 Å². The predicted molar refractivity (Wildman–Crippen MR) is 104 cm³/mol. The molecule has 0 bridgehead atoms. The number of ether oxygens (including phenoxy) is 1. The molecule has 0 aliphatic heterocycles. The van der Waals surface area contributed by atoms with Crippen molar-refractivity contribution in [1.82, 2.24) is 0 Å². The SMILES string of the molecule is COCCNc1ccc(CN=C(N)Nc2ccc3c(c2)CCC3)cc1. The molecule has 0 saturated heterocycles. The Hall–Kier alpha value is -2.53. The molecule has 25 heavy (non-hydrogen) atoms. The van der Waals surface area contributed by atoms with Crippen LogP contribution in [-0.2, 0) is 24.1 Å². The molecule has 0 saturated carbocycles. The van der Waals surface area contributed by atoms with Crippen molar-refractivity contribution in [3.63, 3.8) is 0 Å². The molecular formula is C20H26N4O. The largest absolute Gasteiger partial charge is 0.383 e. The van der Waals surface area contributed by atoms with Crippen LogP contribution in [0.4, 0.5) is 11.4 Å². The number of aliphatic imine (C=N–C) groups is 1. The number of hydrogen-bond acceptors (Lipinski definition) is 3. The van der Waals surface area contributed by atoms with E-state index in [0.717, 1.165) is 29.9 Å². The Labute approximate surface area is 149 Å². The molecule has 1 aliphatic carbocycles. The number of nitrogens with two attached hydrogens (primary N) is 1. The van der Waals surface area contributed by atoms with E-state index in [1.54, 1.807) is 7.11 Å². The minimum Gasteiger partial charge on any atom is -0.383 e. The van der Waals surface area contributed by atoms with Crippen LogP contribution < -0.4 is 16.4 Å². The third-order valence-electron chi connectivity index (χ3n) is 4.39. The smallest absolute Gasteiger partial charge is 0.193 e. The Morgan fingerprint density at radius 2 is 1.84 bits per heavy atom. The molecule has 5 nitrogen and oxygen atoms in total. The summed E-state index contributed by atoms with van der Waals surface area (Å²) in [5, 5.41) is 6.48. The highest BCUT2D eigenvalue weighted by molar-refractivity contribution is 5.92. The van der Waals surface area contributed by atoms with Crippen molar-refractivity contribution in [2.75, 3.05) is 30.9 Å². The Balaban J connectivity index is 1.52. The number of nitrogens with one attached hydrogen (secondary N) is 2. The second-order valence-corrected chi connectivity index (χ2v) is 6.28. The van der Waals surface area contributed by atoms with Gasteiger partial charge in [-0.2, -0.15) is 0 Å². The van der Waals surface area contributed by atoms with E-state index in [4.69, 9.17) is 10.5 Å². The van der Waals surface area contributed by atoms with E-state index >= 15 is 0 Å².